The number of ether oxygens (including phenoxy) is 1. The van der Waals surface area contributed by atoms with Crippen LogP contribution in [0.2, 0.25) is 10.3 Å². The predicted octanol–water partition coefficient (Wildman–Crippen LogP) is 8.99. The van der Waals surface area contributed by atoms with Gasteiger partial charge in [0, 0.05) is 41.9 Å². The quantitative estimate of drug-likeness (QED) is 0.0304. The number of pyridine rings is 3. The van der Waals surface area contributed by atoms with E-state index in [4.69, 9.17) is 23.2 Å². The van der Waals surface area contributed by atoms with Crippen molar-refractivity contribution >= 4 is 58.7 Å². The Morgan fingerprint density at radius 1 is 0.623 bits per heavy atom. The van der Waals surface area contributed by atoms with Gasteiger partial charge in [0.05, 0.1) is 11.9 Å². The van der Waals surface area contributed by atoms with Gasteiger partial charge in [0.15, 0.2) is 23.7 Å². The smallest absolute Gasteiger partial charge is 1.00 e. The van der Waals surface area contributed by atoms with Gasteiger partial charge < -0.3 is 26.8 Å². The van der Waals surface area contributed by atoms with E-state index in [2.05, 4.69) is 118 Å². The molecule has 3 aromatic heterocycles. The van der Waals surface area contributed by atoms with Crippen LogP contribution in [0.15, 0.2) is 176 Å². The van der Waals surface area contributed by atoms with Crippen LogP contribution >= 0.6 is 30.5 Å². The molecule has 0 N–H and O–H groups in total. The van der Waals surface area contributed by atoms with E-state index >= 15 is 0 Å². The number of halogens is 10. The van der Waals surface area contributed by atoms with E-state index in [0.29, 0.717) is 28.0 Å². The molecular weight excluding hydrogens is 1150 g/mol. The molecule has 0 spiro atoms. The molecule has 0 fully saturated rings. The summed E-state index contributed by atoms with van der Waals surface area (Å²) in [7, 11) is -1.53. The number of rotatable bonds is 12. The summed E-state index contributed by atoms with van der Waals surface area (Å²) in [4.78, 5) is 21.7. The zero-order valence-corrected chi connectivity index (χ0v) is 50.4. The van der Waals surface area contributed by atoms with Gasteiger partial charge >= 0.3 is 57.5 Å². The minimum absolute atomic E-state index is 0. The molecule has 0 saturated heterocycles. The van der Waals surface area contributed by atoms with Crippen LogP contribution < -0.4 is 94.1 Å². The Bertz CT molecular complexity index is 2890. The first kappa shape index (κ1) is 68.5. The Kier molecular flexibility index (Phi) is 30.0. The van der Waals surface area contributed by atoms with Gasteiger partial charge in [-0.2, -0.15) is 8.78 Å². The molecule has 0 bridgehead atoms. The summed E-state index contributed by atoms with van der Waals surface area (Å²) in [6.45, 7) is 11.1. The van der Waals surface area contributed by atoms with Gasteiger partial charge in [0.1, 0.15) is 56.4 Å². The summed E-state index contributed by atoms with van der Waals surface area (Å²) in [6.07, 6.45) is 7.47. The van der Waals surface area contributed by atoms with Crippen molar-refractivity contribution in [2.45, 2.75) is 66.1 Å². The molecule has 3 heterocycles. The normalized spacial score (nSPS) is 10.8. The first-order valence-electron chi connectivity index (χ1n) is 23.4. The van der Waals surface area contributed by atoms with Crippen LogP contribution in [0.5, 0.6) is 5.75 Å². The third kappa shape index (κ3) is 21.8. The number of nitrogens with zero attached hydrogens (tertiary/aromatic N) is 3. The molecule has 0 saturated carbocycles. The second-order valence-corrected chi connectivity index (χ2v) is 21.7. The van der Waals surface area contributed by atoms with Gasteiger partial charge in [-0.3, -0.25) is 9.78 Å². The number of aryl methyl sites for hydroxylation is 1. The third-order valence-corrected chi connectivity index (χ3v) is 15.2. The molecule has 18 heteroatoms. The van der Waals surface area contributed by atoms with Gasteiger partial charge in [-0.15, -0.1) is 5.60 Å². The van der Waals surface area contributed by atoms with Crippen molar-refractivity contribution in [3.8, 4) is 17.0 Å². The van der Waals surface area contributed by atoms with E-state index in [1.807, 2.05) is 32.1 Å². The standard InChI is InChI=1S/C21H14F7NO.C20H20P.C8H8ClN.C6H4ClNO.C4H9O.BrH.K/c1-2-3-11-4-5-18(29-10-11)12-6-14(22)19(15(23)7-12)21(27,28)30-13-8-16(24)20(26)17(25)9-13;1-2-21(18-12-6-3-7-13-18,19-14-8-4-9-15-19)20-16-10-5-11-17-20;1-2-3-7-4-5-8(9)10-6-7;7-6-2-1-5(4-9)3-8-6;1-4(2,3)5;;/h4-10H,2-3H2,1H3;3-17H,2H2,1H3;2-6H,1H3;1-4H;1-3H3;1H;/q;+1;;;-1;;+1/p-1. The Balaban J connectivity index is 0.000000371. The molecule has 0 amide bonds. The van der Waals surface area contributed by atoms with Gasteiger partial charge in [-0.1, -0.05) is 136 Å². The third-order valence-electron chi connectivity index (χ3n) is 10.3. The van der Waals surface area contributed by atoms with E-state index in [9.17, 15) is 40.6 Å². The van der Waals surface area contributed by atoms with Crippen LogP contribution in [-0.4, -0.2) is 33.0 Å². The van der Waals surface area contributed by atoms with E-state index in [1.165, 1.54) is 34.4 Å². The first-order valence-corrected chi connectivity index (χ1v) is 26.1. The maximum Gasteiger partial charge on any atom is 1.00 e. The van der Waals surface area contributed by atoms with Crippen molar-refractivity contribution in [2.75, 3.05) is 6.16 Å². The molecule has 8 rings (SSSR count). The number of benzene rings is 5. The maximum absolute atomic E-state index is 14.4. The second kappa shape index (κ2) is 33.7. The molecule has 0 aliphatic carbocycles. The zero-order chi connectivity index (χ0) is 55.2. The van der Waals surface area contributed by atoms with Crippen LogP contribution in [0.25, 0.3) is 17.3 Å². The summed E-state index contributed by atoms with van der Waals surface area (Å²) in [5.74, 6) is -9.95. The van der Waals surface area contributed by atoms with Crippen molar-refractivity contribution in [2.24, 2.45) is 0 Å². The van der Waals surface area contributed by atoms with Crippen LogP contribution in [0.4, 0.5) is 30.7 Å². The van der Waals surface area contributed by atoms with Crippen molar-refractivity contribution in [1.82, 2.24) is 15.0 Å². The minimum Gasteiger partial charge on any atom is -1.00 e. The molecule has 400 valence electrons. The monoisotopic (exact) mass is 1210 g/mol. The number of allylic oxidation sites excluding steroid dienone is 1. The van der Waals surface area contributed by atoms with Crippen molar-refractivity contribution in [1.29, 1.82) is 0 Å². The van der Waals surface area contributed by atoms with E-state index in [0.717, 1.165) is 36.4 Å². The van der Waals surface area contributed by atoms with Crippen molar-refractivity contribution < 1.29 is 114 Å². The van der Waals surface area contributed by atoms with E-state index < -0.39 is 59.4 Å². The number of hydrogen-bond acceptors (Lipinski definition) is 6. The molecule has 0 unspecified atom stereocenters. The Morgan fingerprint density at radius 3 is 1.42 bits per heavy atom. The first-order chi connectivity index (χ1) is 35.6. The Hall–Kier alpha value is -4.64. The molecule has 77 heavy (non-hydrogen) atoms. The van der Waals surface area contributed by atoms with Gasteiger partial charge in [0.25, 0.3) is 0 Å². The van der Waals surface area contributed by atoms with Crippen LogP contribution in [-0.2, 0) is 12.5 Å². The van der Waals surface area contributed by atoms with Crippen LogP contribution in [0.3, 0.4) is 0 Å². The zero-order valence-electron chi connectivity index (χ0n) is 43.3. The Labute approximate surface area is 509 Å². The number of aldehydes is 1. The van der Waals surface area contributed by atoms with E-state index in [-0.39, 0.29) is 91.8 Å². The van der Waals surface area contributed by atoms with Crippen molar-refractivity contribution in [3.05, 3.63) is 238 Å². The van der Waals surface area contributed by atoms with Gasteiger partial charge in [-0.05, 0) is 104 Å². The molecule has 0 aliphatic heterocycles. The molecule has 0 atom stereocenters. The topological polar surface area (TPSA) is 88.0 Å². The fourth-order valence-corrected chi connectivity index (χ4v) is 11.3. The average molecular weight is 1210 g/mol. The number of hydrogen-bond donors (Lipinski definition) is 0. The summed E-state index contributed by atoms with van der Waals surface area (Å²) in [5, 5.41) is 15.4. The summed E-state index contributed by atoms with van der Waals surface area (Å²) in [6, 6.07) is 44.6. The SMILES string of the molecule is CC(C)(C)[O-].CC=Cc1ccc(Cl)nc1.CCCc1ccc(-c2cc(F)c(C(F)(F)Oc3cc(F)c(F)c(F)c3)c(F)c2)nc1.CC[P+](c1ccccc1)(c1ccccc1)c1ccccc1.O=Cc1ccc(Cl)nc1.[Br-].[K+]. The minimum atomic E-state index is -4.64. The largest absolute Gasteiger partial charge is 1.00 e. The van der Waals surface area contributed by atoms with E-state index in [1.54, 1.807) is 51.2 Å². The second-order valence-electron chi connectivity index (χ2n) is 17.1. The number of aromatic nitrogens is 3. The molecule has 8 aromatic rings. The molecular formula is C59H55BrCl2F7KN3O3P. The van der Waals surface area contributed by atoms with Gasteiger partial charge in [0.2, 0.25) is 0 Å². The van der Waals surface area contributed by atoms with Gasteiger partial charge in [-0.25, -0.2) is 31.9 Å². The fraction of sp³-hybridized carbons (Fsp3) is 0.186. The number of carbonyl (C=O) groups is 1. The number of alkyl halides is 2. The molecule has 0 aliphatic rings. The Morgan fingerprint density at radius 2 is 1.06 bits per heavy atom. The van der Waals surface area contributed by atoms with Crippen molar-refractivity contribution in [3.63, 3.8) is 0 Å². The molecule has 6 nitrogen and oxygen atoms in total. The molecule has 5 aromatic carbocycles. The average Bonchev–Trinajstić information content (AvgIpc) is 3.38. The fourth-order valence-electron chi connectivity index (χ4n) is 7.00. The number of carbonyl (C=O) groups excluding carboxylic acids is 1. The maximum atomic E-state index is 14.4. The van der Waals surface area contributed by atoms with Crippen LogP contribution in [0.1, 0.15) is 75.0 Å². The summed E-state index contributed by atoms with van der Waals surface area (Å²) >= 11 is 11.0. The van der Waals surface area contributed by atoms with Crippen LogP contribution in [0, 0.1) is 29.1 Å². The summed E-state index contributed by atoms with van der Waals surface area (Å²) in [5.41, 5.74) is 0.0698. The molecule has 0 radical (unpaired) electrons. The summed E-state index contributed by atoms with van der Waals surface area (Å²) < 4.78 is 101. The predicted molar refractivity (Wildman–Crippen MR) is 288 cm³/mol.